The van der Waals surface area contributed by atoms with Gasteiger partial charge in [-0.25, -0.2) is 4.98 Å². The van der Waals surface area contributed by atoms with Gasteiger partial charge in [-0.1, -0.05) is 16.8 Å². The Kier molecular flexibility index (Phi) is 5.09. The number of nitrogens with zero attached hydrogens (tertiary/aromatic N) is 2. The summed E-state index contributed by atoms with van der Waals surface area (Å²) in [7, 11) is 1.52. The second kappa shape index (κ2) is 7.45. The normalized spacial score (nSPS) is 10.5. The van der Waals surface area contributed by atoms with Crippen molar-refractivity contribution in [1.82, 2.24) is 10.1 Å². The number of hydrogen-bond acceptors (Lipinski definition) is 6. The van der Waals surface area contributed by atoms with Gasteiger partial charge in [0.25, 0.3) is 5.91 Å². The molecule has 134 valence electrons. The van der Waals surface area contributed by atoms with Gasteiger partial charge in [0, 0.05) is 28.9 Å². The van der Waals surface area contributed by atoms with E-state index in [1.807, 2.05) is 6.92 Å². The van der Waals surface area contributed by atoms with E-state index in [9.17, 15) is 4.79 Å². The number of benzene rings is 1. The molecule has 3 rings (SSSR count). The van der Waals surface area contributed by atoms with Crippen LogP contribution in [0.25, 0.3) is 0 Å². The summed E-state index contributed by atoms with van der Waals surface area (Å²) < 4.78 is 10.3. The van der Waals surface area contributed by atoms with Gasteiger partial charge in [-0.2, -0.15) is 0 Å². The lowest BCUT2D eigenvalue weighted by atomic mass is 10.2. The SMILES string of the molecule is COc1cc(Cl)c(C)cc1NC(=O)c1ccnc(Nc2cc(C)on2)c1. The Bertz CT molecular complexity index is 955. The summed E-state index contributed by atoms with van der Waals surface area (Å²) in [6.07, 6.45) is 1.54. The van der Waals surface area contributed by atoms with Crippen LogP contribution in [0.5, 0.6) is 5.75 Å². The number of rotatable bonds is 5. The molecular weight excluding hydrogens is 356 g/mol. The predicted octanol–water partition coefficient (Wildman–Crippen LogP) is 4.34. The van der Waals surface area contributed by atoms with Crippen LogP contribution >= 0.6 is 11.6 Å². The zero-order valence-electron chi connectivity index (χ0n) is 14.5. The molecule has 26 heavy (non-hydrogen) atoms. The van der Waals surface area contributed by atoms with Crippen molar-refractivity contribution in [3.05, 3.63) is 58.4 Å². The molecule has 0 radical (unpaired) electrons. The largest absolute Gasteiger partial charge is 0.495 e. The van der Waals surface area contributed by atoms with E-state index < -0.39 is 0 Å². The number of pyridine rings is 1. The molecule has 0 spiro atoms. The van der Waals surface area contributed by atoms with E-state index >= 15 is 0 Å². The van der Waals surface area contributed by atoms with Crippen molar-refractivity contribution in [3.63, 3.8) is 0 Å². The van der Waals surface area contributed by atoms with Crippen molar-refractivity contribution in [1.29, 1.82) is 0 Å². The third-order valence-electron chi connectivity index (χ3n) is 3.64. The predicted molar refractivity (Wildman–Crippen MR) is 99.5 cm³/mol. The Hall–Kier alpha value is -3.06. The Morgan fingerprint density at radius 3 is 2.69 bits per heavy atom. The number of halogens is 1. The summed E-state index contributed by atoms with van der Waals surface area (Å²) in [4.78, 5) is 16.8. The number of aryl methyl sites for hydroxylation is 2. The minimum absolute atomic E-state index is 0.299. The summed E-state index contributed by atoms with van der Waals surface area (Å²) in [6.45, 7) is 3.64. The van der Waals surface area contributed by atoms with E-state index in [4.69, 9.17) is 20.9 Å². The highest BCUT2D eigenvalue weighted by Gasteiger charge is 2.13. The monoisotopic (exact) mass is 372 g/mol. The van der Waals surface area contributed by atoms with E-state index in [1.165, 1.54) is 13.3 Å². The molecule has 1 aromatic carbocycles. The van der Waals surface area contributed by atoms with Crippen LogP contribution in [0.2, 0.25) is 5.02 Å². The maximum atomic E-state index is 12.6. The Morgan fingerprint density at radius 1 is 1.19 bits per heavy atom. The molecule has 2 heterocycles. The van der Waals surface area contributed by atoms with Crippen LogP contribution < -0.4 is 15.4 Å². The Morgan fingerprint density at radius 2 is 2.00 bits per heavy atom. The Labute approximate surface area is 155 Å². The third-order valence-corrected chi connectivity index (χ3v) is 4.04. The quantitative estimate of drug-likeness (QED) is 0.692. The first-order chi connectivity index (χ1) is 12.5. The van der Waals surface area contributed by atoms with Crippen LogP contribution in [-0.2, 0) is 0 Å². The molecule has 0 aliphatic rings. The molecule has 7 nitrogen and oxygen atoms in total. The molecular formula is C18H17ClN4O3. The first-order valence-electron chi connectivity index (χ1n) is 7.78. The molecule has 0 fully saturated rings. The summed E-state index contributed by atoms with van der Waals surface area (Å²) in [5, 5.41) is 10.2. The number of ether oxygens (including phenoxy) is 1. The highest BCUT2D eigenvalue weighted by molar-refractivity contribution is 6.31. The maximum absolute atomic E-state index is 12.6. The van der Waals surface area contributed by atoms with Gasteiger partial charge in [0.15, 0.2) is 5.82 Å². The summed E-state index contributed by atoms with van der Waals surface area (Å²) in [5.74, 6) is 1.85. The lowest BCUT2D eigenvalue weighted by Crippen LogP contribution is -2.13. The molecule has 0 aliphatic carbocycles. The van der Waals surface area contributed by atoms with E-state index in [0.717, 1.165) is 5.56 Å². The molecule has 1 amide bonds. The molecule has 8 heteroatoms. The number of aromatic nitrogens is 2. The number of hydrogen-bond donors (Lipinski definition) is 2. The minimum atomic E-state index is -0.299. The molecule has 3 aromatic rings. The van der Waals surface area contributed by atoms with Crippen molar-refractivity contribution in [2.75, 3.05) is 17.7 Å². The summed E-state index contributed by atoms with van der Waals surface area (Å²) in [6, 6.07) is 8.39. The van der Waals surface area contributed by atoms with Gasteiger partial charge in [0.2, 0.25) is 0 Å². The molecule has 2 N–H and O–H groups in total. The summed E-state index contributed by atoms with van der Waals surface area (Å²) >= 11 is 6.09. The standard InChI is InChI=1S/C18H17ClN4O3/c1-10-6-14(15(25-3)9-13(10)19)21-18(24)12-4-5-20-16(8-12)22-17-7-11(2)26-23-17/h4-9H,1-3H3,(H,21,24)(H,20,22,23). The molecule has 0 atom stereocenters. The zero-order chi connectivity index (χ0) is 18.7. The second-order valence-electron chi connectivity index (χ2n) is 5.63. The molecule has 2 aromatic heterocycles. The average molecular weight is 373 g/mol. The van der Waals surface area contributed by atoms with Crippen molar-refractivity contribution in [3.8, 4) is 5.75 Å². The fraction of sp³-hybridized carbons (Fsp3) is 0.167. The molecule has 0 bridgehead atoms. The topological polar surface area (TPSA) is 89.3 Å². The van der Waals surface area contributed by atoms with E-state index in [0.29, 0.717) is 39.4 Å². The Balaban J connectivity index is 1.80. The lowest BCUT2D eigenvalue weighted by Gasteiger charge is -2.12. The van der Waals surface area contributed by atoms with Gasteiger partial charge in [-0.3, -0.25) is 4.79 Å². The molecule has 0 saturated heterocycles. The van der Waals surface area contributed by atoms with Crippen LogP contribution in [-0.4, -0.2) is 23.2 Å². The summed E-state index contributed by atoms with van der Waals surface area (Å²) in [5.41, 5.74) is 1.80. The van der Waals surface area contributed by atoms with Gasteiger partial charge in [0.05, 0.1) is 12.8 Å². The van der Waals surface area contributed by atoms with Crippen molar-refractivity contribution >= 4 is 34.8 Å². The van der Waals surface area contributed by atoms with E-state index in [-0.39, 0.29) is 5.91 Å². The lowest BCUT2D eigenvalue weighted by molar-refractivity contribution is 0.102. The van der Waals surface area contributed by atoms with Crippen LogP contribution in [0, 0.1) is 13.8 Å². The number of carbonyl (C=O) groups is 1. The maximum Gasteiger partial charge on any atom is 0.255 e. The number of anilines is 3. The minimum Gasteiger partial charge on any atom is -0.495 e. The van der Waals surface area contributed by atoms with Gasteiger partial charge >= 0.3 is 0 Å². The fourth-order valence-electron chi connectivity index (χ4n) is 2.32. The highest BCUT2D eigenvalue weighted by Crippen LogP contribution is 2.31. The zero-order valence-corrected chi connectivity index (χ0v) is 15.2. The van der Waals surface area contributed by atoms with E-state index in [2.05, 4.69) is 20.8 Å². The van der Waals surface area contributed by atoms with Crippen molar-refractivity contribution in [2.45, 2.75) is 13.8 Å². The van der Waals surface area contributed by atoms with E-state index in [1.54, 1.807) is 37.3 Å². The molecule has 0 aliphatic heterocycles. The van der Waals surface area contributed by atoms with Crippen LogP contribution in [0.1, 0.15) is 21.7 Å². The van der Waals surface area contributed by atoms with Gasteiger partial charge in [-0.15, -0.1) is 0 Å². The molecule has 0 saturated carbocycles. The number of methoxy groups -OCH3 is 1. The van der Waals surface area contributed by atoms with Gasteiger partial charge in [-0.05, 0) is 37.6 Å². The third kappa shape index (κ3) is 3.94. The molecule has 0 unspecified atom stereocenters. The van der Waals surface area contributed by atoms with Gasteiger partial charge in [0.1, 0.15) is 17.3 Å². The first-order valence-corrected chi connectivity index (χ1v) is 8.16. The second-order valence-corrected chi connectivity index (χ2v) is 6.04. The average Bonchev–Trinajstić information content (AvgIpc) is 3.03. The smallest absolute Gasteiger partial charge is 0.255 e. The number of nitrogens with one attached hydrogen (secondary N) is 2. The van der Waals surface area contributed by atoms with Gasteiger partial charge < -0.3 is 19.9 Å². The highest BCUT2D eigenvalue weighted by atomic mass is 35.5. The number of carbonyl (C=O) groups excluding carboxylic acids is 1. The van der Waals surface area contributed by atoms with Crippen LogP contribution in [0.3, 0.4) is 0 Å². The van der Waals surface area contributed by atoms with Crippen molar-refractivity contribution in [2.24, 2.45) is 0 Å². The number of amides is 1. The first kappa shape index (κ1) is 17.8. The van der Waals surface area contributed by atoms with Crippen LogP contribution in [0.15, 0.2) is 41.1 Å². The van der Waals surface area contributed by atoms with Crippen LogP contribution in [0.4, 0.5) is 17.3 Å². The van der Waals surface area contributed by atoms with Crippen molar-refractivity contribution < 1.29 is 14.1 Å². The fourth-order valence-corrected chi connectivity index (χ4v) is 2.47.